The van der Waals surface area contributed by atoms with E-state index in [1.807, 2.05) is 12.1 Å². The molecule has 5 heteroatoms. The van der Waals surface area contributed by atoms with Gasteiger partial charge in [-0.1, -0.05) is 11.3 Å². The Labute approximate surface area is 80.0 Å². The lowest BCUT2D eigenvalue weighted by atomic mass is 10.1. The molecule has 5 nitrogen and oxygen atoms in total. The van der Waals surface area contributed by atoms with Crippen molar-refractivity contribution in [3.05, 3.63) is 30.1 Å². The van der Waals surface area contributed by atoms with Crippen molar-refractivity contribution in [2.75, 3.05) is 0 Å². The molecule has 2 aromatic heterocycles. The Balaban J connectivity index is 2.32. The summed E-state index contributed by atoms with van der Waals surface area (Å²) in [5, 5.41) is 16.1. The first kappa shape index (κ1) is 8.68. The zero-order valence-electron chi connectivity index (χ0n) is 7.42. The van der Waals surface area contributed by atoms with E-state index < -0.39 is 5.97 Å². The smallest absolute Gasteiger partial charge is 0.303 e. The second kappa shape index (κ2) is 3.45. The van der Waals surface area contributed by atoms with Gasteiger partial charge in [0, 0.05) is 12.6 Å². The number of nitrogens with zero attached hydrogens (tertiary/aromatic N) is 3. The van der Waals surface area contributed by atoms with Gasteiger partial charge in [-0.15, -0.1) is 5.10 Å². The van der Waals surface area contributed by atoms with Crippen LogP contribution in [0.3, 0.4) is 0 Å². The Morgan fingerprint density at radius 3 is 3.21 bits per heavy atom. The maximum Gasteiger partial charge on any atom is 0.303 e. The molecular weight excluding hydrogens is 182 g/mol. The van der Waals surface area contributed by atoms with Crippen molar-refractivity contribution in [1.29, 1.82) is 0 Å². The molecule has 0 amide bonds. The summed E-state index contributed by atoms with van der Waals surface area (Å²) in [5.41, 5.74) is 1.83. The molecule has 0 spiro atoms. The molecule has 14 heavy (non-hydrogen) atoms. The third-order valence-corrected chi connectivity index (χ3v) is 2.04. The Bertz CT molecular complexity index is 464. The van der Waals surface area contributed by atoms with Crippen LogP contribution in [0, 0.1) is 0 Å². The average molecular weight is 191 g/mol. The molecule has 72 valence electrons. The van der Waals surface area contributed by atoms with Crippen LogP contribution in [0.25, 0.3) is 5.52 Å². The lowest BCUT2D eigenvalue weighted by molar-refractivity contribution is -0.136. The summed E-state index contributed by atoms with van der Waals surface area (Å²) in [6.45, 7) is 0. The highest BCUT2D eigenvalue weighted by Gasteiger charge is 2.04. The standard InChI is InChI=1S/C9H9N3O2/c13-9(14)4-3-7-2-1-5-12-8(7)6-10-11-12/h1-2,5-6H,3-4H2,(H,13,14). The van der Waals surface area contributed by atoms with Gasteiger partial charge in [0.25, 0.3) is 0 Å². The van der Waals surface area contributed by atoms with E-state index in [9.17, 15) is 4.79 Å². The minimum Gasteiger partial charge on any atom is -0.481 e. The summed E-state index contributed by atoms with van der Waals surface area (Å²) in [7, 11) is 0. The molecule has 0 radical (unpaired) electrons. The largest absolute Gasteiger partial charge is 0.481 e. The van der Waals surface area contributed by atoms with Gasteiger partial charge in [-0.25, -0.2) is 4.52 Å². The van der Waals surface area contributed by atoms with Crippen LogP contribution in [0.15, 0.2) is 24.5 Å². The van der Waals surface area contributed by atoms with Crippen LogP contribution in [0.1, 0.15) is 12.0 Å². The second-order valence-corrected chi connectivity index (χ2v) is 2.99. The van der Waals surface area contributed by atoms with E-state index in [4.69, 9.17) is 5.11 Å². The monoisotopic (exact) mass is 191 g/mol. The molecule has 0 unspecified atom stereocenters. The number of aromatic nitrogens is 3. The van der Waals surface area contributed by atoms with Gasteiger partial charge in [0.1, 0.15) is 0 Å². The second-order valence-electron chi connectivity index (χ2n) is 2.99. The quantitative estimate of drug-likeness (QED) is 0.777. The zero-order chi connectivity index (χ0) is 9.97. The SMILES string of the molecule is O=C(O)CCc1cccn2nncc12. The Kier molecular flexibility index (Phi) is 2.14. The van der Waals surface area contributed by atoms with Crippen LogP contribution < -0.4 is 0 Å². The minimum atomic E-state index is -0.792. The first-order valence-electron chi connectivity index (χ1n) is 4.27. The fourth-order valence-electron chi connectivity index (χ4n) is 1.36. The predicted molar refractivity (Wildman–Crippen MR) is 48.9 cm³/mol. The maximum absolute atomic E-state index is 10.4. The lowest BCUT2D eigenvalue weighted by Crippen LogP contribution is -1.99. The first-order chi connectivity index (χ1) is 6.77. The average Bonchev–Trinajstić information content (AvgIpc) is 2.62. The summed E-state index contributed by atoms with van der Waals surface area (Å²) < 4.78 is 1.64. The lowest BCUT2D eigenvalue weighted by Gasteiger charge is -1.99. The van der Waals surface area contributed by atoms with Gasteiger partial charge in [0.15, 0.2) is 0 Å². The first-order valence-corrected chi connectivity index (χ1v) is 4.27. The van der Waals surface area contributed by atoms with Crippen LogP contribution in [0.2, 0.25) is 0 Å². The van der Waals surface area contributed by atoms with E-state index in [0.29, 0.717) is 6.42 Å². The third kappa shape index (κ3) is 1.56. The van der Waals surface area contributed by atoms with E-state index in [1.54, 1.807) is 16.9 Å². The molecule has 0 aromatic carbocycles. The molecule has 2 heterocycles. The van der Waals surface area contributed by atoms with Crippen molar-refractivity contribution in [3.8, 4) is 0 Å². The van der Waals surface area contributed by atoms with E-state index in [1.165, 1.54) is 0 Å². The summed E-state index contributed by atoms with van der Waals surface area (Å²) in [6.07, 6.45) is 4.06. The van der Waals surface area contributed by atoms with Crippen LogP contribution in [-0.2, 0) is 11.2 Å². The molecule has 0 saturated heterocycles. The number of carbonyl (C=O) groups is 1. The highest BCUT2D eigenvalue weighted by Crippen LogP contribution is 2.10. The number of carboxylic acids is 1. The number of hydrogen-bond donors (Lipinski definition) is 1. The number of aliphatic carboxylic acids is 1. The van der Waals surface area contributed by atoms with Crippen LogP contribution in [0.5, 0.6) is 0 Å². The maximum atomic E-state index is 10.4. The molecule has 0 aliphatic rings. The molecular formula is C9H9N3O2. The molecule has 2 aromatic rings. The molecule has 0 fully saturated rings. The molecule has 1 N–H and O–H groups in total. The molecule has 2 rings (SSSR count). The minimum absolute atomic E-state index is 0.130. The summed E-state index contributed by atoms with van der Waals surface area (Å²) >= 11 is 0. The van der Waals surface area contributed by atoms with Gasteiger partial charge in [-0.3, -0.25) is 4.79 Å². The number of fused-ring (bicyclic) bond motifs is 1. The summed E-state index contributed by atoms with van der Waals surface area (Å²) in [5.74, 6) is -0.792. The van der Waals surface area contributed by atoms with Gasteiger partial charge in [0.2, 0.25) is 0 Å². The summed E-state index contributed by atoms with van der Waals surface area (Å²) in [4.78, 5) is 10.4. The summed E-state index contributed by atoms with van der Waals surface area (Å²) in [6, 6.07) is 3.72. The molecule has 0 saturated carbocycles. The zero-order valence-corrected chi connectivity index (χ0v) is 7.42. The Morgan fingerprint density at radius 1 is 1.57 bits per heavy atom. The molecule has 0 bridgehead atoms. The number of rotatable bonds is 3. The van der Waals surface area contributed by atoms with Crippen LogP contribution in [0.4, 0.5) is 0 Å². The molecule has 0 aliphatic heterocycles. The number of pyridine rings is 1. The van der Waals surface area contributed by atoms with Crippen molar-refractivity contribution < 1.29 is 9.90 Å². The van der Waals surface area contributed by atoms with E-state index in [0.717, 1.165) is 11.1 Å². The van der Waals surface area contributed by atoms with Crippen molar-refractivity contribution in [2.24, 2.45) is 0 Å². The van der Waals surface area contributed by atoms with Gasteiger partial charge < -0.3 is 5.11 Å². The normalized spacial score (nSPS) is 10.6. The van der Waals surface area contributed by atoms with Crippen LogP contribution >= 0.6 is 0 Å². The Hall–Kier alpha value is -1.91. The fraction of sp³-hybridized carbons (Fsp3) is 0.222. The van der Waals surface area contributed by atoms with Crippen molar-refractivity contribution >= 4 is 11.5 Å². The van der Waals surface area contributed by atoms with Crippen molar-refractivity contribution in [2.45, 2.75) is 12.8 Å². The number of hydrogen-bond acceptors (Lipinski definition) is 3. The fourth-order valence-corrected chi connectivity index (χ4v) is 1.36. The topological polar surface area (TPSA) is 67.5 Å². The highest BCUT2D eigenvalue weighted by molar-refractivity contribution is 5.68. The number of aryl methyl sites for hydroxylation is 1. The van der Waals surface area contributed by atoms with E-state index in [2.05, 4.69) is 10.3 Å². The molecule has 0 atom stereocenters. The predicted octanol–water partition coefficient (Wildman–Crippen LogP) is 0.746. The van der Waals surface area contributed by atoms with Crippen molar-refractivity contribution in [3.63, 3.8) is 0 Å². The van der Waals surface area contributed by atoms with Gasteiger partial charge in [0.05, 0.1) is 11.7 Å². The number of carboxylic acid groups (broad SMARTS) is 1. The van der Waals surface area contributed by atoms with Crippen LogP contribution in [-0.4, -0.2) is 25.9 Å². The van der Waals surface area contributed by atoms with Gasteiger partial charge >= 0.3 is 5.97 Å². The van der Waals surface area contributed by atoms with E-state index >= 15 is 0 Å². The van der Waals surface area contributed by atoms with Gasteiger partial charge in [-0.05, 0) is 18.1 Å². The molecule has 0 aliphatic carbocycles. The van der Waals surface area contributed by atoms with Crippen molar-refractivity contribution in [1.82, 2.24) is 14.8 Å². The highest BCUT2D eigenvalue weighted by atomic mass is 16.4. The van der Waals surface area contributed by atoms with Gasteiger partial charge in [-0.2, -0.15) is 0 Å². The van der Waals surface area contributed by atoms with E-state index in [-0.39, 0.29) is 6.42 Å². The Morgan fingerprint density at radius 2 is 2.43 bits per heavy atom. The third-order valence-electron chi connectivity index (χ3n) is 2.04.